The van der Waals surface area contributed by atoms with Gasteiger partial charge in [0.05, 0.1) is 15.5 Å². The summed E-state index contributed by atoms with van der Waals surface area (Å²) in [6.07, 6.45) is 2.23. The molecule has 1 heterocycles. The number of benzene rings is 2. The first-order valence-electron chi connectivity index (χ1n) is 8.65. The fourth-order valence-electron chi connectivity index (χ4n) is 3.25. The lowest BCUT2D eigenvalue weighted by atomic mass is 9.88. The van der Waals surface area contributed by atoms with Crippen LogP contribution in [0.25, 0.3) is 0 Å². The van der Waals surface area contributed by atoms with Crippen LogP contribution >= 0.6 is 11.6 Å². The van der Waals surface area contributed by atoms with Gasteiger partial charge in [0.25, 0.3) is 5.91 Å². The molecule has 0 bridgehead atoms. The van der Waals surface area contributed by atoms with Gasteiger partial charge in [0.1, 0.15) is 0 Å². The number of nitrogens with zero attached hydrogens (tertiary/aromatic N) is 1. The molecule has 1 aliphatic rings. The summed E-state index contributed by atoms with van der Waals surface area (Å²) in [4.78, 5) is 27.1. The Labute approximate surface area is 163 Å². The van der Waals surface area contributed by atoms with Gasteiger partial charge in [0, 0.05) is 30.8 Å². The SMILES string of the molecule is CS(=O)(=O)c1ccc(Cl)c(C(=O)N2CCC(C(=O)c3ccccc3)CC2)c1. The normalized spacial score (nSPS) is 15.6. The van der Waals surface area contributed by atoms with Crippen LogP contribution in [-0.2, 0) is 9.84 Å². The molecule has 2 aromatic rings. The number of Topliss-reactive ketones (excluding diaryl/α,β-unsaturated/α-hetero) is 1. The van der Waals surface area contributed by atoms with Crippen LogP contribution in [0.5, 0.6) is 0 Å². The second kappa shape index (κ2) is 7.82. The van der Waals surface area contributed by atoms with Gasteiger partial charge in [-0.25, -0.2) is 8.42 Å². The molecule has 2 aromatic carbocycles. The van der Waals surface area contributed by atoms with E-state index in [1.807, 2.05) is 18.2 Å². The molecule has 0 saturated carbocycles. The van der Waals surface area contributed by atoms with Crippen LogP contribution < -0.4 is 0 Å². The monoisotopic (exact) mass is 405 g/mol. The van der Waals surface area contributed by atoms with E-state index in [0.717, 1.165) is 6.26 Å². The molecule has 0 aromatic heterocycles. The van der Waals surface area contributed by atoms with Crippen molar-refractivity contribution in [2.75, 3.05) is 19.3 Å². The van der Waals surface area contributed by atoms with Gasteiger partial charge in [-0.3, -0.25) is 9.59 Å². The zero-order chi connectivity index (χ0) is 19.6. The summed E-state index contributed by atoms with van der Waals surface area (Å²) in [6, 6.07) is 13.3. The molecule has 27 heavy (non-hydrogen) atoms. The topological polar surface area (TPSA) is 71.5 Å². The standard InChI is InChI=1S/C20H20ClNO4S/c1-27(25,26)16-7-8-18(21)17(13-16)20(24)22-11-9-15(10-12-22)19(23)14-5-3-2-4-6-14/h2-8,13,15H,9-12H2,1H3. The van der Waals surface area contributed by atoms with Gasteiger partial charge in [0.15, 0.2) is 15.6 Å². The number of sulfone groups is 1. The Kier molecular flexibility index (Phi) is 5.67. The van der Waals surface area contributed by atoms with Gasteiger partial charge >= 0.3 is 0 Å². The Hall–Kier alpha value is -2.18. The second-order valence-electron chi connectivity index (χ2n) is 6.71. The molecule has 1 amide bonds. The summed E-state index contributed by atoms with van der Waals surface area (Å²) < 4.78 is 23.5. The van der Waals surface area contributed by atoms with Crippen LogP contribution in [0.15, 0.2) is 53.4 Å². The summed E-state index contributed by atoms with van der Waals surface area (Å²) in [7, 11) is -3.43. The minimum atomic E-state index is -3.43. The van der Waals surface area contributed by atoms with Crippen molar-refractivity contribution < 1.29 is 18.0 Å². The first-order valence-corrected chi connectivity index (χ1v) is 10.9. The first-order chi connectivity index (χ1) is 12.8. The van der Waals surface area contributed by atoms with Crippen molar-refractivity contribution in [3.63, 3.8) is 0 Å². The summed E-state index contributed by atoms with van der Waals surface area (Å²) in [5, 5.41) is 0.217. The highest BCUT2D eigenvalue weighted by molar-refractivity contribution is 7.90. The van der Waals surface area contributed by atoms with Crippen molar-refractivity contribution in [3.05, 3.63) is 64.7 Å². The molecular formula is C20H20ClNO4S. The number of rotatable bonds is 4. The Morgan fingerprint density at radius 2 is 1.67 bits per heavy atom. The van der Waals surface area contributed by atoms with Crippen LogP contribution in [0, 0.1) is 5.92 Å². The molecule has 7 heteroatoms. The fraction of sp³-hybridized carbons (Fsp3) is 0.300. The van der Waals surface area contributed by atoms with E-state index < -0.39 is 9.84 Å². The molecule has 3 rings (SSSR count). The zero-order valence-electron chi connectivity index (χ0n) is 14.9. The predicted octanol–water partition coefficient (Wildman–Crippen LogP) is 3.48. The molecule has 0 aliphatic carbocycles. The Balaban J connectivity index is 1.71. The average molecular weight is 406 g/mol. The Morgan fingerprint density at radius 1 is 1.04 bits per heavy atom. The third kappa shape index (κ3) is 4.39. The smallest absolute Gasteiger partial charge is 0.255 e. The predicted molar refractivity (Wildman–Crippen MR) is 104 cm³/mol. The summed E-state index contributed by atoms with van der Waals surface area (Å²) in [5.41, 5.74) is 0.860. The van der Waals surface area contributed by atoms with Crippen molar-refractivity contribution in [2.45, 2.75) is 17.7 Å². The summed E-state index contributed by atoms with van der Waals surface area (Å²) >= 11 is 6.12. The highest BCUT2D eigenvalue weighted by atomic mass is 35.5. The van der Waals surface area contributed by atoms with Gasteiger partial charge in [0.2, 0.25) is 0 Å². The van der Waals surface area contributed by atoms with Crippen LogP contribution in [0.1, 0.15) is 33.6 Å². The van der Waals surface area contributed by atoms with Crippen molar-refractivity contribution >= 4 is 33.1 Å². The number of carbonyl (C=O) groups is 2. The number of piperidine rings is 1. The number of carbonyl (C=O) groups excluding carboxylic acids is 2. The summed E-state index contributed by atoms with van der Waals surface area (Å²) in [6.45, 7) is 0.864. The van der Waals surface area contributed by atoms with Gasteiger partial charge in [-0.1, -0.05) is 41.9 Å². The Morgan fingerprint density at radius 3 is 2.26 bits per heavy atom. The number of hydrogen-bond donors (Lipinski definition) is 0. The van der Waals surface area contributed by atoms with Crippen molar-refractivity contribution in [2.24, 2.45) is 5.92 Å². The van der Waals surface area contributed by atoms with Crippen LogP contribution in [-0.4, -0.2) is 44.4 Å². The van der Waals surface area contributed by atoms with Crippen LogP contribution in [0.3, 0.4) is 0 Å². The maximum Gasteiger partial charge on any atom is 0.255 e. The number of halogens is 1. The fourth-order valence-corrected chi connectivity index (χ4v) is 4.10. The van der Waals surface area contributed by atoms with E-state index >= 15 is 0 Å². The maximum atomic E-state index is 12.8. The highest BCUT2D eigenvalue weighted by Crippen LogP contribution is 2.26. The number of likely N-dealkylation sites (tertiary alicyclic amines) is 1. The molecule has 0 spiro atoms. The molecule has 1 fully saturated rings. The minimum Gasteiger partial charge on any atom is -0.339 e. The lowest BCUT2D eigenvalue weighted by molar-refractivity contribution is 0.0650. The van der Waals surface area contributed by atoms with Crippen molar-refractivity contribution in [1.82, 2.24) is 4.90 Å². The number of amides is 1. The van der Waals surface area contributed by atoms with Crippen LogP contribution in [0.2, 0.25) is 5.02 Å². The van der Waals surface area contributed by atoms with Gasteiger partial charge in [-0.05, 0) is 31.0 Å². The molecule has 142 valence electrons. The number of ketones is 1. The van der Waals surface area contributed by atoms with E-state index in [9.17, 15) is 18.0 Å². The van der Waals surface area contributed by atoms with Gasteiger partial charge in [-0.2, -0.15) is 0 Å². The molecule has 0 unspecified atom stereocenters. The van der Waals surface area contributed by atoms with Crippen molar-refractivity contribution in [3.8, 4) is 0 Å². The van der Waals surface area contributed by atoms with E-state index in [1.54, 1.807) is 17.0 Å². The number of hydrogen-bond acceptors (Lipinski definition) is 4. The molecule has 1 saturated heterocycles. The van der Waals surface area contributed by atoms with E-state index in [4.69, 9.17) is 11.6 Å². The molecule has 0 atom stereocenters. The molecule has 0 radical (unpaired) electrons. The summed E-state index contributed by atoms with van der Waals surface area (Å²) in [5.74, 6) is -0.329. The lowest BCUT2D eigenvalue weighted by Gasteiger charge is -2.31. The third-order valence-electron chi connectivity index (χ3n) is 4.81. The highest BCUT2D eigenvalue weighted by Gasteiger charge is 2.29. The van der Waals surface area contributed by atoms with Crippen molar-refractivity contribution in [1.29, 1.82) is 0 Å². The molecule has 5 nitrogen and oxygen atoms in total. The van der Waals surface area contributed by atoms with E-state index in [2.05, 4.69) is 0 Å². The van der Waals surface area contributed by atoms with Crippen LogP contribution in [0.4, 0.5) is 0 Å². The van der Waals surface area contributed by atoms with E-state index in [0.29, 0.717) is 31.5 Å². The van der Waals surface area contributed by atoms with E-state index in [-0.39, 0.29) is 33.1 Å². The quantitative estimate of drug-likeness (QED) is 0.730. The second-order valence-corrected chi connectivity index (χ2v) is 9.13. The first kappa shape index (κ1) is 19.6. The minimum absolute atomic E-state index is 0.0596. The Bertz CT molecular complexity index is 965. The largest absolute Gasteiger partial charge is 0.339 e. The van der Waals surface area contributed by atoms with E-state index in [1.165, 1.54) is 18.2 Å². The molecular weight excluding hydrogens is 386 g/mol. The lowest BCUT2D eigenvalue weighted by Crippen LogP contribution is -2.40. The molecule has 0 N–H and O–H groups in total. The molecule has 1 aliphatic heterocycles. The zero-order valence-corrected chi connectivity index (χ0v) is 16.5. The maximum absolute atomic E-state index is 12.8. The third-order valence-corrected chi connectivity index (χ3v) is 6.25. The van der Waals surface area contributed by atoms with Gasteiger partial charge < -0.3 is 4.90 Å². The average Bonchev–Trinajstić information content (AvgIpc) is 2.67. The van der Waals surface area contributed by atoms with Gasteiger partial charge in [-0.15, -0.1) is 0 Å².